The van der Waals surface area contributed by atoms with Crippen LogP contribution in [0.25, 0.3) is 0 Å². The van der Waals surface area contributed by atoms with Gasteiger partial charge in [0.1, 0.15) is 6.10 Å². The molecular formula is C22H32O4. The third-order valence-corrected chi connectivity index (χ3v) is 8.37. The van der Waals surface area contributed by atoms with E-state index in [4.69, 9.17) is 4.74 Å². The van der Waals surface area contributed by atoms with Crippen LogP contribution in [0.1, 0.15) is 72.1 Å². The van der Waals surface area contributed by atoms with E-state index in [-0.39, 0.29) is 40.7 Å². The zero-order valence-electron chi connectivity index (χ0n) is 16.3. The predicted molar refractivity (Wildman–Crippen MR) is 98.3 cm³/mol. The molecule has 0 aliphatic heterocycles. The Bertz CT molecular complexity index is 653. The Morgan fingerprint density at radius 2 is 2.04 bits per heavy atom. The van der Waals surface area contributed by atoms with Crippen molar-refractivity contribution in [1.82, 2.24) is 0 Å². The van der Waals surface area contributed by atoms with E-state index in [0.717, 1.165) is 32.1 Å². The minimum Gasteiger partial charge on any atom is -0.462 e. The highest BCUT2D eigenvalue weighted by Crippen LogP contribution is 2.65. The maximum absolute atomic E-state index is 11.9. The van der Waals surface area contributed by atoms with Crippen LogP contribution in [0.15, 0.2) is 11.6 Å². The predicted octanol–water partition coefficient (Wildman–Crippen LogP) is 3.81. The quantitative estimate of drug-likeness (QED) is 0.761. The number of hydrogen-bond acceptors (Lipinski definition) is 4. The van der Waals surface area contributed by atoms with E-state index in [1.807, 2.05) is 13.0 Å². The number of ether oxygens (including phenoxy) is 1. The third kappa shape index (κ3) is 2.51. The molecule has 26 heavy (non-hydrogen) atoms. The van der Waals surface area contributed by atoms with Crippen molar-refractivity contribution in [2.45, 2.75) is 84.3 Å². The van der Waals surface area contributed by atoms with Crippen LogP contribution in [0.5, 0.6) is 0 Å². The van der Waals surface area contributed by atoms with Crippen LogP contribution in [0.2, 0.25) is 0 Å². The highest BCUT2D eigenvalue weighted by molar-refractivity contribution is 5.91. The maximum Gasteiger partial charge on any atom is 0.305 e. The van der Waals surface area contributed by atoms with Crippen molar-refractivity contribution in [3.63, 3.8) is 0 Å². The van der Waals surface area contributed by atoms with Gasteiger partial charge in [0.05, 0.1) is 6.10 Å². The minimum absolute atomic E-state index is 0.0459. The van der Waals surface area contributed by atoms with E-state index in [0.29, 0.717) is 31.1 Å². The summed E-state index contributed by atoms with van der Waals surface area (Å²) in [5.74, 6) is 1.32. The van der Waals surface area contributed by atoms with Crippen molar-refractivity contribution in [2.24, 2.45) is 28.6 Å². The van der Waals surface area contributed by atoms with Gasteiger partial charge in [0.2, 0.25) is 0 Å². The number of carbonyl (C=O) groups is 2. The molecule has 0 heterocycles. The summed E-state index contributed by atoms with van der Waals surface area (Å²) in [5, 5.41) is 11.2. The number of hydrogen-bond donors (Lipinski definition) is 1. The van der Waals surface area contributed by atoms with Crippen molar-refractivity contribution < 1.29 is 19.4 Å². The molecule has 0 aromatic rings. The van der Waals surface area contributed by atoms with Crippen LogP contribution in [0.4, 0.5) is 0 Å². The Labute approximate surface area is 156 Å². The molecule has 1 N–H and O–H groups in total. The minimum atomic E-state index is -0.385. The normalized spacial score (nSPS) is 47.5. The van der Waals surface area contributed by atoms with Crippen molar-refractivity contribution in [1.29, 1.82) is 0 Å². The average Bonchev–Trinajstić information content (AvgIpc) is 2.91. The summed E-state index contributed by atoms with van der Waals surface area (Å²) in [5.41, 5.74) is 1.10. The summed E-state index contributed by atoms with van der Waals surface area (Å²) in [6.07, 6.45) is 8.04. The first-order chi connectivity index (χ1) is 12.3. The summed E-state index contributed by atoms with van der Waals surface area (Å²) < 4.78 is 5.80. The summed E-state index contributed by atoms with van der Waals surface area (Å²) in [6, 6.07) is 0. The van der Waals surface area contributed by atoms with Gasteiger partial charge in [-0.3, -0.25) is 9.59 Å². The number of aliphatic hydroxyl groups is 1. The molecule has 0 bridgehead atoms. The monoisotopic (exact) mass is 360 g/mol. The fourth-order valence-electron chi connectivity index (χ4n) is 7.08. The zero-order valence-corrected chi connectivity index (χ0v) is 16.3. The molecule has 4 aliphatic rings. The second-order valence-corrected chi connectivity index (χ2v) is 9.57. The number of carbonyl (C=O) groups excluding carboxylic acids is 2. The van der Waals surface area contributed by atoms with E-state index in [2.05, 4.69) is 13.8 Å². The average molecular weight is 360 g/mol. The molecule has 3 saturated carbocycles. The first kappa shape index (κ1) is 18.2. The molecule has 0 unspecified atom stereocenters. The summed E-state index contributed by atoms with van der Waals surface area (Å²) >= 11 is 0. The van der Waals surface area contributed by atoms with Crippen LogP contribution in [-0.4, -0.2) is 29.1 Å². The highest BCUT2D eigenvalue weighted by atomic mass is 16.5. The van der Waals surface area contributed by atoms with E-state index in [1.165, 1.54) is 5.57 Å². The maximum atomic E-state index is 11.9. The van der Waals surface area contributed by atoms with Crippen LogP contribution < -0.4 is 0 Å². The lowest BCUT2D eigenvalue weighted by Crippen LogP contribution is -2.57. The standard InChI is InChI=1S/C22H32O4/c1-4-19(25)26-18-8-7-16-15-6-5-13-11-14(23)9-10-21(13,2)20(15)17(24)12-22(16,18)3/h11,15-18,20,24H,4-10,12H2,1-3H3/t15-,16-,17-,18+,20+,21-,22-/m0/s1. The van der Waals surface area contributed by atoms with E-state index < -0.39 is 0 Å². The molecule has 4 heteroatoms. The summed E-state index contributed by atoms with van der Waals surface area (Å²) in [4.78, 5) is 23.8. The van der Waals surface area contributed by atoms with Crippen LogP contribution in [-0.2, 0) is 14.3 Å². The Morgan fingerprint density at radius 1 is 1.27 bits per heavy atom. The van der Waals surface area contributed by atoms with Crippen LogP contribution >= 0.6 is 0 Å². The van der Waals surface area contributed by atoms with E-state index >= 15 is 0 Å². The van der Waals surface area contributed by atoms with Gasteiger partial charge in [-0.25, -0.2) is 0 Å². The van der Waals surface area contributed by atoms with Gasteiger partial charge in [-0.05, 0) is 67.8 Å². The first-order valence-electron chi connectivity index (χ1n) is 10.4. The molecule has 7 atom stereocenters. The molecular weight excluding hydrogens is 328 g/mol. The number of aliphatic hydroxyl groups excluding tert-OH is 1. The fraction of sp³-hybridized carbons (Fsp3) is 0.818. The number of allylic oxidation sites excluding steroid dienone is 1. The molecule has 144 valence electrons. The molecule has 4 rings (SSSR count). The molecule has 0 aromatic heterocycles. The number of rotatable bonds is 2. The summed E-state index contributed by atoms with van der Waals surface area (Å²) in [7, 11) is 0. The Balaban J connectivity index is 1.64. The van der Waals surface area contributed by atoms with Crippen molar-refractivity contribution in [3.05, 3.63) is 11.6 Å². The molecule has 0 aromatic carbocycles. The van der Waals surface area contributed by atoms with Crippen LogP contribution in [0.3, 0.4) is 0 Å². The van der Waals surface area contributed by atoms with Crippen molar-refractivity contribution in [2.75, 3.05) is 0 Å². The third-order valence-electron chi connectivity index (χ3n) is 8.37. The van der Waals surface area contributed by atoms with E-state index in [1.54, 1.807) is 0 Å². The lowest BCUT2D eigenvalue weighted by molar-refractivity contribution is -0.170. The lowest BCUT2D eigenvalue weighted by atomic mass is 9.46. The van der Waals surface area contributed by atoms with Crippen molar-refractivity contribution >= 4 is 11.8 Å². The Kier molecular flexibility index (Phi) is 4.33. The second kappa shape index (κ2) is 6.19. The van der Waals surface area contributed by atoms with Crippen molar-refractivity contribution in [3.8, 4) is 0 Å². The Morgan fingerprint density at radius 3 is 2.77 bits per heavy atom. The Hall–Kier alpha value is -1.16. The van der Waals surface area contributed by atoms with Gasteiger partial charge in [-0.1, -0.05) is 26.3 Å². The van der Waals surface area contributed by atoms with Gasteiger partial charge in [0.25, 0.3) is 0 Å². The largest absolute Gasteiger partial charge is 0.462 e. The fourth-order valence-corrected chi connectivity index (χ4v) is 7.08. The van der Waals surface area contributed by atoms with Crippen LogP contribution in [0, 0.1) is 28.6 Å². The van der Waals surface area contributed by atoms with Gasteiger partial charge in [0.15, 0.2) is 5.78 Å². The van der Waals surface area contributed by atoms with Gasteiger partial charge in [0, 0.05) is 18.3 Å². The topological polar surface area (TPSA) is 63.6 Å². The number of ketones is 1. The van der Waals surface area contributed by atoms with Gasteiger partial charge >= 0.3 is 5.97 Å². The SMILES string of the molecule is CCC(=O)O[C@@H]1CC[C@H]2[C@@H]3CCC4=CC(=O)CC[C@]4(C)[C@H]3[C@@H](O)C[C@]12C. The summed E-state index contributed by atoms with van der Waals surface area (Å²) in [6.45, 7) is 6.34. The molecule has 4 nitrogen and oxygen atoms in total. The smallest absolute Gasteiger partial charge is 0.305 e. The lowest BCUT2D eigenvalue weighted by Gasteiger charge is -2.59. The molecule has 0 radical (unpaired) electrons. The first-order valence-corrected chi connectivity index (χ1v) is 10.4. The highest BCUT2D eigenvalue weighted by Gasteiger charge is 2.62. The van der Waals surface area contributed by atoms with E-state index in [9.17, 15) is 14.7 Å². The van der Waals surface area contributed by atoms with Gasteiger partial charge < -0.3 is 9.84 Å². The van der Waals surface area contributed by atoms with Gasteiger partial charge in [-0.2, -0.15) is 0 Å². The molecule has 0 spiro atoms. The number of fused-ring (bicyclic) bond motifs is 5. The van der Waals surface area contributed by atoms with Gasteiger partial charge in [-0.15, -0.1) is 0 Å². The molecule has 0 amide bonds. The second-order valence-electron chi connectivity index (χ2n) is 9.57. The number of esters is 1. The molecule has 0 saturated heterocycles. The molecule has 3 fully saturated rings. The zero-order chi connectivity index (χ0) is 18.7. The molecule has 4 aliphatic carbocycles.